The highest BCUT2D eigenvalue weighted by atomic mass is 35.5. The minimum Gasteiger partial charge on any atom is -0.449 e. The molecule has 0 bridgehead atoms. The van der Waals surface area contributed by atoms with Gasteiger partial charge >= 0.3 is 12.1 Å². The quantitative estimate of drug-likeness (QED) is 0.166. The Morgan fingerprint density at radius 3 is 2.26 bits per heavy atom. The molecule has 0 saturated heterocycles. The van der Waals surface area contributed by atoms with Crippen molar-refractivity contribution in [3.05, 3.63) is 98.1 Å². The summed E-state index contributed by atoms with van der Waals surface area (Å²) in [5.41, 5.74) is -0.876. The molecule has 0 aliphatic carbocycles. The predicted octanol–water partition coefficient (Wildman–Crippen LogP) is 7.23. The van der Waals surface area contributed by atoms with Crippen molar-refractivity contribution in [3.8, 4) is 17.2 Å². The molecule has 0 aliphatic heterocycles. The summed E-state index contributed by atoms with van der Waals surface area (Å²) in [7, 11) is 0. The summed E-state index contributed by atoms with van der Waals surface area (Å²) in [6, 6.07) is 11.0. The number of benzene rings is 3. The standard InChI is InChI=1S/C25H15ClF4O5/c1-12-9-15(10-13(2)20(12)26)33-22-21(31)17-8-7-14(11-19(17)35-23(22)25(28,29)30)34-24(32)16-5-3-4-6-18(16)27/h3-11H,1-2H3. The van der Waals surface area contributed by atoms with E-state index in [9.17, 15) is 27.2 Å². The Hall–Kier alpha value is -3.85. The summed E-state index contributed by atoms with van der Waals surface area (Å²) in [6.45, 7) is 3.28. The molecule has 0 radical (unpaired) electrons. The zero-order valence-corrected chi connectivity index (χ0v) is 18.9. The highest BCUT2D eigenvalue weighted by Gasteiger charge is 2.40. The SMILES string of the molecule is Cc1cc(Oc2c(C(F)(F)F)oc3cc(OC(=O)c4ccccc4F)ccc3c2=O)cc(C)c1Cl. The summed E-state index contributed by atoms with van der Waals surface area (Å²) < 4.78 is 70.6. The van der Waals surface area contributed by atoms with Crippen LogP contribution in [0.1, 0.15) is 27.2 Å². The van der Waals surface area contributed by atoms with Gasteiger partial charge < -0.3 is 13.9 Å². The zero-order valence-electron chi connectivity index (χ0n) is 18.1. The molecule has 0 unspecified atom stereocenters. The van der Waals surface area contributed by atoms with E-state index in [4.69, 9.17) is 25.5 Å². The van der Waals surface area contributed by atoms with Crippen LogP contribution in [0.5, 0.6) is 17.2 Å². The Labute approximate surface area is 200 Å². The summed E-state index contributed by atoms with van der Waals surface area (Å²) >= 11 is 6.09. The molecule has 0 N–H and O–H groups in total. The van der Waals surface area contributed by atoms with Crippen LogP contribution in [0.3, 0.4) is 0 Å². The lowest BCUT2D eigenvalue weighted by Crippen LogP contribution is -2.16. The van der Waals surface area contributed by atoms with Crippen molar-refractivity contribution >= 4 is 28.5 Å². The van der Waals surface area contributed by atoms with Crippen molar-refractivity contribution in [3.63, 3.8) is 0 Å². The van der Waals surface area contributed by atoms with E-state index in [1.54, 1.807) is 13.8 Å². The number of hydrogen-bond acceptors (Lipinski definition) is 5. The first kappa shape index (κ1) is 24.3. The molecule has 1 heterocycles. The third kappa shape index (κ3) is 4.85. The number of carbonyl (C=O) groups is 1. The molecule has 1 aromatic heterocycles. The number of alkyl halides is 3. The van der Waals surface area contributed by atoms with E-state index in [0.29, 0.717) is 16.1 Å². The van der Waals surface area contributed by atoms with Crippen LogP contribution >= 0.6 is 11.6 Å². The molecule has 0 amide bonds. The third-order valence-corrected chi connectivity index (χ3v) is 5.61. The van der Waals surface area contributed by atoms with E-state index < -0.39 is 40.5 Å². The van der Waals surface area contributed by atoms with Crippen molar-refractivity contribution in [1.82, 2.24) is 0 Å². The van der Waals surface area contributed by atoms with Gasteiger partial charge in [0, 0.05) is 11.1 Å². The second kappa shape index (κ2) is 9.07. The molecule has 35 heavy (non-hydrogen) atoms. The van der Waals surface area contributed by atoms with Crippen LogP contribution in [-0.2, 0) is 6.18 Å². The van der Waals surface area contributed by atoms with Gasteiger partial charge in [0.25, 0.3) is 5.76 Å². The number of fused-ring (bicyclic) bond motifs is 1. The smallest absolute Gasteiger partial charge is 0.449 e. The van der Waals surface area contributed by atoms with Crippen LogP contribution in [0.15, 0.2) is 63.8 Å². The van der Waals surface area contributed by atoms with Gasteiger partial charge in [-0.3, -0.25) is 4.79 Å². The molecule has 3 aromatic carbocycles. The van der Waals surface area contributed by atoms with E-state index in [0.717, 1.165) is 18.2 Å². The Morgan fingerprint density at radius 1 is 0.971 bits per heavy atom. The number of aryl methyl sites for hydroxylation is 2. The van der Waals surface area contributed by atoms with E-state index in [-0.39, 0.29) is 22.4 Å². The van der Waals surface area contributed by atoms with Gasteiger partial charge in [-0.25, -0.2) is 9.18 Å². The van der Waals surface area contributed by atoms with Gasteiger partial charge in [-0.1, -0.05) is 23.7 Å². The van der Waals surface area contributed by atoms with Crippen LogP contribution in [0.2, 0.25) is 5.02 Å². The number of halogens is 5. The van der Waals surface area contributed by atoms with E-state index >= 15 is 0 Å². The second-order valence-corrected chi connectivity index (χ2v) is 7.97. The highest BCUT2D eigenvalue weighted by molar-refractivity contribution is 6.32. The first-order chi connectivity index (χ1) is 16.5. The molecule has 5 nitrogen and oxygen atoms in total. The maximum Gasteiger partial charge on any atom is 0.453 e. The molecule has 4 rings (SSSR count). The van der Waals surface area contributed by atoms with Crippen LogP contribution in [0.25, 0.3) is 11.0 Å². The van der Waals surface area contributed by atoms with Gasteiger partial charge in [-0.2, -0.15) is 13.2 Å². The fourth-order valence-corrected chi connectivity index (χ4v) is 3.48. The fourth-order valence-electron chi connectivity index (χ4n) is 3.37. The Morgan fingerprint density at radius 2 is 1.63 bits per heavy atom. The molecule has 0 saturated carbocycles. The van der Waals surface area contributed by atoms with Gasteiger partial charge in [-0.15, -0.1) is 0 Å². The van der Waals surface area contributed by atoms with Crippen molar-refractivity contribution in [2.45, 2.75) is 20.0 Å². The summed E-state index contributed by atoms with van der Waals surface area (Å²) in [6.07, 6.45) is -5.08. The molecule has 0 fully saturated rings. The number of carbonyl (C=O) groups excluding carboxylic acids is 1. The number of rotatable bonds is 4. The monoisotopic (exact) mass is 506 g/mol. The minimum atomic E-state index is -5.08. The first-order valence-electron chi connectivity index (χ1n) is 10.0. The topological polar surface area (TPSA) is 65.7 Å². The van der Waals surface area contributed by atoms with E-state index in [1.807, 2.05) is 0 Å². The summed E-state index contributed by atoms with van der Waals surface area (Å²) in [5, 5.41) is 0.164. The van der Waals surface area contributed by atoms with Gasteiger partial charge in [0.1, 0.15) is 22.9 Å². The van der Waals surface area contributed by atoms with Crippen LogP contribution < -0.4 is 14.9 Å². The lowest BCUT2D eigenvalue weighted by molar-refractivity contribution is -0.154. The summed E-state index contributed by atoms with van der Waals surface area (Å²) in [4.78, 5) is 25.2. The van der Waals surface area contributed by atoms with Crippen molar-refractivity contribution < 1.29 is 36.2 Å². The number of ether oxygens (including phenoxy) is 2. The van der Waals surface area contributed by atoms with Gasteiger partial charge in [-0.05, 0) is 61.4 Å². The first-order valence-corrected chi connectivity index (χ1v) is 10.4. The molecule has 4 aromatic rings. The lowest BCUT2D eigenvalue weighted by atomic mass is 10.1. The maximum atomic E-state index is 13.8. The van der Waals surface area contributed by atoms with Gasteiger partial charge in [0.15, 0.2) is 0 Å². The second-order valence-electron chi connectivity index (χ2n) is 7.59. The summed E-state index contributed by atoms with van der Waals surface area (Å²) in [5.74, 6) is -4.91. The Kier molecular flexibility index (Phi) is 6.29. The molecule has 0 aliphatic rings. The molecular formula is C25H15ClF4O5. The molecule has 180 valence electrons. The molecule has 0 atom stereocenters. The van der Waals surface area contributed by atoms with Crippen molar-refractivity contribution in [2.24, 2.45) is 0 Å². The maximum absolute atomic E-state index is 13.8. The predicted molar refractivity (Wildman–Crippen MR) is 120 cm³/mol. The third-order valence-electron chi connectivity index (χ3n) is 5.01. The van der Waals surface area contributed by atoms with Crippen molar-refractivity contribution in [1.29, 1.82) is 0 Å². The lowest BCUT2D eigenvalue weighted by Gasteiger charge is -2.15. The zero-order chi connectivity index (χ0) is 25.5. The minimum absolute atomic E-state index is 0.0306. The Balaban J connectivity index is 1.78. The van der Waals surface area contributed by atoms with Gasteiger partial charge in [0.05, 0.1) is 10.9 Å². The highest BCUT2D eigenvalue weighted by Crippen LogP contribution is 2.39. The van der Waals surface area contributed by atoms with Crippen LogP contribution in [0.4, 0.5) is 17.6 Å². The molecular weight excluding hydrogens is 492 g/mol. The van der Waals surface area contributed by atoms with E-state index in [1.165, 1.54) is 36.4 Å². The average molecular weight is 507 g/mol. The van der Waals surface area contributed by atoms with Gasteiger partial charge in [0.2, 0.25) is 11.2 Å². The normalized spacial score (nSPS) is 11.5. The average Bonchev–Trinajstić information content (AvgIpc) is 2.78. The largest absolute Gasteiger partial charge is 0.453 e. The fraction of sp³-hybridized carbons (Fsp3) is 0.120. The van der Waals surface area contributed by atoms with Crippen LogP contribution in [0, 0.1) is 19.7 Å². The van der Waals surface area contributed by atoms with Crippen molar-refractivity contribution in [2.75, 3.05) is 0 Å². The number of hydrogen-bond donors (Lipinski definition) is 0. The van der Waals surface area contributed by atoms with E-state index in [2.05, 4.69) is 0 Å². The molecule has 10 heteroatoms. The van der Waals surface area contributed by atoms with Crippen LogP contribution in [-0.4, -0.2) is 5.97 Å². The molecule has 0 spiro atoms. The Bertz CT molecular complexity index is 1500. The number of esters is 1.